The second-order valence-corrected chi connectivity index (χ2v) is 3.37. The molecule has 2 rings (SSSR count). The van der Waals surface area contributed by atoms with Crippen molar-refractivity contribution >= 4 is 22.5 Å². The number of aromatic amines is 1. The van der Waals surface area contributed by atoms with Crippen molar-refractivity contribution in [1.29, 1.82) is 0 Å². The minimum absolute atomic E-state index is 0.445. The van der Waals surface area contributed by atoms with E-state index in [1.807, 2.05) is 19.1 Å². The lowest BCUT2D eigenvalue weighted by Gasteiger charge is -2.00. The van der Waals surface area contributed by atoms with Gasteiger partial charge in [-0.05, 0) is 12.5 Å². The topological polar surface area (TPSA) is 54.7 Å². The second kappa shape index (κ2) is 3.01. The van der Waals surface area contributed by atoms with Crippen LogP contribution in [0.1, 0.15) is 11.3 Å². The first-order chi connectivity index (χ1) is 6.24. The average Bonchev–Trinajstić information content (AvgIpc) is 2.50. The second-order valence-electron chi connectivity index (χ2n) is 2.99. The van der Waals surface area contributed by atoms with Gasteiger partial charge in [-0.3, -0.25) is 5.10 Å². The number of hydrogen-bond donors (Lipinski definition) is 2. The van der Waals surface area contributed by atoms with E-state index in [-0.39, 0.29) is 0 Å². The van der Waals surface area contributed by atoms with Crippen LogP contribution in [-0.4, -0.2) is 10.2 Å². The van der Waals surface area contributed by atoms with E-state index in [4.69, 9.17) is 17.3 Å². The zero-order valence-electron chi connectivity index (χ0n) is 7.26. The van der Waals surface area contributed by atoms with Gasteiger partial charge in [0.1, 0.15) is 5.52 Å². The number of halogens is 1. The van der Waals surface area contributed by atoms with E-state index in [2.05, 4.69) is 10.2 Å². The van der Waals surface area contributed by atoms with E-state index < -0.39 is 0 Å². The Bertz CT molecular complexity index is 447. The van der Waals surface area contributed by atoms with Crippen LogP contribution in [0.4, 0.5) is 0 Å². The summed E-state index contributed by atoms with van der Waals surface area (Å²) in [4.78, 5) is 0. The summed E-state index contributed by atoms with van der Waals surface area (Å²) >= 11 is 6.09. The van der Waals surface area contributed by atoms with Crippen LogP contribution < -0.4 is 5.73 Å². The molecule has 0 atom stereocenters. The van der Waals surface area contributed by atoms with Crippen LogP contribution in [0.15, 0.2) is 12.1 Å². The molecular formula is C9H10ClN3. The number of benzene rings is 1. The highest BCUT2D eigenvalue weighted by Crippen LogP contribution is 2.26. The van der Waals surface area contributed by atoms with Gasteiger partial charge in [-0.25, -0.2) is 0 Å². The SMILES string of the molecule is Cc1[nH]nc2c(Cl)c(CN)ccc12. The van der Waals surface area contributed by atoms with Crippen molar-refractivity contribution in [1.82, 2.24) is 10.2 Å². The Morgan fingerprint density at radius 2 is 2.31 bits per heavy atom. The van der Waals surface area contributed by atoms with Crippen LogP contribution in [0.25, 0.3) is 10.9 Å². The predicted octanol–water partition coefficient (Wildman–Crippen LogP) is 1.98. The molecule has 0 aliphatic rings. The van der Waals surface area contributed by atoms with E-state index in [0.717, 1.165) is 22.2 Å². The van der Waals surface area contributed by atoms with Gasteiger partial charge in [-0.2, -0.15) is 5.10 Å². The molecule has 0 aliphatic heterocycles. The number of nitrogens with one attached hydrogen (secondary N) is 1. The summed E-state index contributed by atoms with van der Waals surface area (Å²) in [5.41, 5.74) is 8.29. The summed E-state index contributed by atoms with van der Waals surface area (Å²) < 4.78 is 0. The molecule has 0 radical (unpaired) electrons. The summed E-state index contributed by atoms with van der Waals surface area (Å²) in [6.07, 6.45) is 0. The minimum Gasteiger partial charge on any atom is -0.326 e. The summed E-state index contributed by atoms with van der Waals surface area (Å²) in [6, 6.07) is 3.93. The number of fused-ring (bicyclic) bond motifs is 1. The largest absolute Gasteiger partial charge is 0.326 e. The third-order valence-electron chi connectivity index (χ3n) is 2.16. The maximum Gasteiger partial charge on any atom is 0.111 e. The fourth-order valence-corrected chi connectivity index (χ4v) is 1.66. The molecule has 0 saturated heterocycles. The van der Waals surface area contributed by atoms with Gasteiger partial charge in [0.2, 0.25) is 0 Å². The van der Waals surface area contributed by atoms with Crippen LogP contribution in [0.5, 0.6) is 0 Å². The number of nitrogens with two attached hydrogens (primary N) is 1. The van der Waals surface area contributed by atoms with Gasteiger partial charge in [-0.15, -0.1) is 0 Å². The first-order valence-corrected chi connectivity index (χ1v) is 4.44. The number of H-pyrrole nitrogens is 1. The number of aromatic nitrogens is 2. The quantitative estimate of drug-likeness (QED) is 0.731. The van der Waals surface area contributed by atoms with Crippen molar-refractivity contribution in [3.8, 4) is 0 Å². The van der Waals surface area contributed by atoms with Crippen molar-refractivity contribution in [2.45, 2.75) is 13.5 Å². The Labute approximate surface area is 80.9 Å². The Kier molecular flexibility index (Phi) is 1.98. The molecule has 1 aromatic carbocycles. The standard InChI is InChI=1S/C9H10ClN3/c1-5-7-3-2-6(4-11)8(10)9(7)13-12-5/h2-3H,4,11H2,1H3,(H,12,13). The first-order valence-electron chi connectivity index (χ1n) is 4.06. The van der Waals surface area contributed by atoms with Crippen LogP contribution >= 0.6 is 11.6 Å². The number of rotatable bonds is 1. The maximum absolute atomic E-state index is 6.09. The Hall–Kier alpha value is -1.06. The molecule has 1 heterocycles. The molecule has 2 aromatic rings. The molecule has 68 valence electrons. The fraction of sp³-hybridized carbons (Fsp3) is 0.222. The Morgan fingerprint density at radius 1 is 1.54 bits per heavy atom. The summed E-state index contributed by atoms with van der Waals surface area (Å²) in [7, 11) is 0. The molecule has 0 unspecified atom stereocenters. The van der Waals surface area contributed by atoms with Crippen molar-refractivity contribution in [3.05, 3.63) is 28.4 Å². The molecule has 0 fully saturated rings. The summed E-state index contributed by atoms with van der Waals surface area (Å²) in [5, 5.41) is 8.72. The van der Waals surface area contributed by atoms with Crippen molar-refractivity contribution < 1.29 is 0 Å². The average molecular weight is 196 g/mol. The van der Waals surface area contributed by atoms with E-state index in [1.165, 1.54) is 0 Å². The van der Waals surface area contributed by atoms with E-state index in [0.29, 0.717) is 11.6 Å². The lowest BCUT2D eigenvalue weighted by atomic mass is 10.1. The van der Waals surface area contributed by atoms with Crippen LogP contribution in [0.2, 0.25) is 5.02 Å². The maximum atomic E-state index is 6.09. The monoisotopic (exact) mass is 195 g/mol. The molecule has 0 saturated carbocycles. The highest BCUT2D eigenvalue weighted by Gasteiger charge is 2.08. The molecule has 0 spiro atoms. The van der Waals surface area contributed by atoms with Gasteiger partial charge in [0.05, 0.1) is 5.02 Å². The highest BCUT2D eigenvalue weighted by molar-refractivity contribution is 6.35. The van der Waals surface area contributed by atoms with Crippen LogP contribution in [0, 0.1) is 6.92 Å². The molecule has 0 aliphatic carbocycles. The van der Waals surface area contributed by atoms with Crippen molar-refractivity contribution in [2.24, 2.45) is 5.73 Å². The first kappa shape index (κ1) is 8.53. The lowest BCUT2D eigenvalue weighted by molar-refractivity contribution is 1.06. The summed E-state index contributed by atoms with van der Waals surface area (Å²) in [5.74, 6) is 0. The van der Waals surface area contributed by atoms with Gasteiger partial charge < -0.3 is 5.73 Å². The number of aryl methyl sites for hydroxylation is 1. The predicted molar refractivity (Wildman–Crippen MR) is 53.7 cm³/mol. The molecule has 3 nitrogen and oxygen atoms in total. The molecule has 1 aromatic heterocycles. The summed E-state index contributed by atoms with van der Waals surface area (Å²) in [6.45, 7) is 2.41. The number of hydrogen-bond acceptors (Lipinski definition) is 2. The van der Waals surface area contributed by atoms with Crippen molar-refractivity contribution in [2.75, 3.05) is 0 Å². The fourth-order valence-electron chi connectivity index (χ4n) is 1.38. The smallest absolute Gasteiger partial charge is 0.111 e. The molecule has 0 amide bonds. The lowest BCUT2D eigenvalue weighted by Crippen LogP contribution is -1.96. The Morgan fingerprint density at radius 3 is 3.00 bits per heavy atom. The van der Waals surface area contributed by atoms with Crippen LogP contribution in [-0.2, 0) is 6.54 Å². The van der Waals surface area contributed by atoms with E-state index >= 15 is 0 Å². The van der Waals surface area contributed by atoms with Gasteiger partial charge in [0, 0.05) is 17.6 Å². The van der Waals surface area contributed by atoms with Gasteiger partial charge in [0.25, 0.3) is 0 Å². The molecule has 13 heavy (non-hydrogen) atoms. The third kappa shape index (κ3) is 1.20. The third-order valence-corrected chi connectivity index (χ3v) is 2.58. The normalized spacial score (nSPS) is 11.0. The Balaban J connectivity index is 2.80. The zero-order valence-corrected chi connectivity index (χ0v) is 8.02. The number of nitrogens with zero attached hydrogens (tertiary/aromatic N) is 1. The van der Waals surface area contributed by atoms with E-state index in [9.17, 15) is 0 Å². The molecule has 0 bridgehead atoms. The van der Waals surface area contributed by atoms with Crippen LogP contribution in [0.3, 0.4) is 0 Å². The molecule has 4 heteroatoms. The van der Waals surface area contributed by atoms with Gasteiger partial charge in [-0.1, -0.05) is 23.7 Å². The zero-order chi connectivity index (χ0) is 9.42. The van der Waals surface area contributed by atoms with Gasteiger partial charge >= 0.3 is 0 Å². The highest BCUT2D eigenvalue weighted by atomic mass is 35.5. The van der Waals surface area contributed by atoms with Crippen molar-refractivity contribution in [3.63, 3.8) is 0 Å². The minimum atomic E-state index is 0.445. The molecular weight excluding hydrogens is 186 g/mol. The van der Waals surface area contributed by atoms with E-state index in [1.54, 1.807) is 0 Å². The van der Waals surface area contributed by atoms with Gasteiger partial charge in [0.15, 0.2) is 0 Å². The molecule has 3 N–H and O–H groups in total.